The summed E-state index contributed by atoms with van der Waals surface area (Å²) in [7, 11) is 0. The number of amides is 2. The molecule has 0 aliphatic heterocycles. The third-order valence-electron chi connectivity index (χ3n) is 5.41. The zero-order valence-electron chi connectivity index (χ0n) is 18.8. The van der Waals surface area contributed by atoms with Crippen molar-refractivity contribution in [2.24, 2.45) is 0 Å². The summed E-state index contributed by atoms with van der Waals surface area (Å²) in [5.74, 6) is -0.867. The monoisotopic (exact) mass is 472 g/mol. The minimum atomic E-state index is -0.368. The average Bonchev–Trinajstić information content (AvgIpc) is 3.30. The Balaban J connectivity index is 1.66. The molecule has 0 aliphatic carbocycles. The Labute approximate surface area is 201 Å². The van der Waals surface area contributed by atoms with Gasteiger partial charge in [-0.2, -0.15) is 11.3 Å². The van der Waals surface area contributed by atoms with Crippen molar-refractivity contribution >= 4 is 34.5 Å². The first-order valence-electron chi connectivity index (χ1n) is 10.7. The summed E-state index contributed by atoms with van der Waals surface area (Å²) in [5, 5.41) is 26.6. The number of benzene rings is 3. The Morgan fingerprint density at radius 3 is 2.35 bits per heavy atom. The number of phenols is 2. The van der Waals surface area contributed by atoms with E-state index in [1.54, 1.807) is 16.2 Å². The molecule has 172 valence electrons. The minimum Gasteiger partial charge on any atom is -0.508 e. The number of aromatic hydroxyl groups is 2. The molecule has 0 fully saturated rings. The normalized spacial score (nSPS) is 10.6. The van der Waals surface area contributed by atoms with Crippen LogP contribution in [0.15, 0.2) is 77.5 Å². The van der Waals surface area contributed by atoms with Crippen LogP contribution in [-0.2, 0) is 11.3 Å². The van der Waals surface area contributed by atoms with E-state index >= 15 is 0 Å². The molecule has 3 aromatic carbocycles. The van der Waals surface area contributed by atoms with Gasteiger partial charge in [-0.25, -0.2) is 0 Å². The van der Waals surface area contributed by atoms with Crippen molar-refractivity contribution in [2.45, 2.75) is 20.4 Å². The van der Waals surface area contributed by atoms with E-state index in [1.807, 2.05) is 66.2 Å². The molecule has 0 atom stereocenters. The molecule has 7 heteroatoms. The topological polar surface area (TPSA) is 89.9 Å². The highest BCUT2D eigenvalue weighted by Gasteiger charge is 2.22. The Morgan fingerprint density at radius 1 is 0.971 bits per heavy atom. The van der Waals surface area contributed by atoms with Crippen molar-refractivity contribution in [3.05, 3.63) is 94.2 Å². The van der Waals surface area contributed by atoms with Crippen molar-refractivity contribution in [1.29, 1.82) is 0 Å². The number of nitrogens with one attached hydrogen (secondary N) is 1. The maximum absolute atomic E-state index is 13.4. The Bertz CT molecular complexity index is 1330. The highest BCUT2D eigenvalue weighted by molar-refractivity contribution is 7.07. The molecule has 34 heavy (non-hydrogen) atoms. The zero-order valence-corrected chi connectivity index (χ0v) is 19.6. The molecule has 0 radical (unpaired) electrons. The van der Waals surface area contributed by atoms with Gasteiger partial charge in [0.25, 0.3) is 5.91 Å². The minimum absolute atomic E-state index is 0.109. The first-order chi connectivity index (χ1) is 16.3. The Morgan fingerprint density at radius 2 is 1.74 bits per heavy atom. The molecule has 0 saturated heterocycles. The number of carbonyl (C=O) groups is 2. The number of hydrogen-bond acceptors (Lipinski definition) is 5. The van der Waals surface area contributed by atoms with Crippen LogP contribution in [0.1, 0.15) is 28.4 Å². The highest BCUT2D eigenvalue weighted by atomic mass is 32.1. The lowest BCUT2D eigenvalue weighted by molar-refractivity contribution is -0.114. The largest absolute Gasteiger partial charge is 0.508 e. The van der Waals surface area contributed by atoms with E-state index in [-0.39, 0.29) is 28.9 Å². The van der Waals surface area contributed by atoms with Gasteiger partial charge in [-0.1, -0.05) is 18.2 Å². The fourth-order valence-electron chi connectivity index (χ4n) is 3.78. The fraction of sp³-hybridized carbons (Fsp3) is 0.111. The second-order valence-corrected chi connectivity index (χ2v) is 8.76. The molecule has 3 N–H and O–H groups in total. The van der Waals surface area contributed by atoms with Crippen LogP contribution in [0.4, 0.5) is 11.4 Å². The predicted molar refractivity (Wildman–Crippen MR) is 136 cm³/mol. The quantitative estimate of drug-likeness (QED) is 0.324. The summed E-state index contributed by atoms with van der Waals surface area (Å²) < 4.78 is 0. The van der Waals surface area contributed by atoms with Gasteiger partial charge in [0.2, 0.25) is 5.91 Å². The summed E-state index contributed by atoms with van der Waals surface area (Å²) in [6.07, 6.45) is 0. The van der Waals surface area contributed by atoms with Crippen LogP contribution in [0.5, 0.6) is 11.5 Å². The second kappa shape index (κ2) is 9.80. The third kappa shape index (κ3) is 5.10. The number of anilines is 2. The fourth-order valence-corrected chi connectivity index (χ4v) is 4.44. The van der Waals surface area contributed by atoms with Crippen molar-refractivity contribution < 1.29 is 19.8 Å². The SMILES string of the molecule is CC(=O)Nc1ccc(-c2ccc(N(Cc3ccsc3)C(=O)c3ccc(O)cc3O)cc2)c(C)c1. The molecule has 1 heterocycles. The molecule has 0 aliphatic rings. The smallest absolute Gasteiger partial charge is 0.262 e. The number of rotatable bonds is 6. The number of hydrogen-bond donors (Lipinski definition) is 3. The van der Waals surface area contributed by atoms with Crippen LogP contribution in [0.25, 0.3) is 11.1 Å². The van der Waals surface area contributed by atoms with Gasteiger partial charge in [-0.05, 0) is 82.4 Å². The van der Waals surface area contributed by atoms with Gasteiger partial charge >= 0.3 is 0 Å². The van der Waals surface area contributed by atoms with Crippen molar-refractivity contribution in [3.8, 4) is 22.6 Å². The first-order valence-corrected chi connectivity index (χ1v) is 11.6. The number of phenolic OH excluding ortho intramolecular Hbond substituents is 2. The number of aryl methyl sites for hydroxylation is 1. The average molecular weight is 473 g/mol. The van der Waals surface area contributed by atoms with Gasteiger partial charge in [-0.15, -0.1) is 0 Å². The van der Waals surface area contributed by atoms with Crippen molar-refractivity contribution in [2.75, 3.05) is 10.2 Å². The van der Waals surface area contributed by atoms with E-state index in [0.29, 0.717) is 12.2 Å². The molecule has 0 unspecified atom stereocenters. The lowest BCUT2D eigenvalue weighted by Gasteiger charge is -2.23. The van der Waals surface area contributed by atoms with E-state index in [9.17, 15) is 19.8 Å². The summed E-state index contributed by atoms with van der Waals surface area (Å²) >= 11 is 1.55. The van der Waals surface area contributed by atoms with Gasteiger partial charge in [0.1, 0.15) is 11.5 Å². The first kappa shape index (κ1) is 23.1. The lowest BCUT2D eigenvalue weighted by Crippen LogP contribution is -2.30. The third-order valence-corrected chi connectivity index (χ3v) is 6.15. The van der Waals surface area contributed by atoms with Gasteiger partial charge < -0.3 is 20.4 Å². The number of thiophene rings is 1. The van der Waals surface area contributed by atoms with Crippen LogP contribution in [0.3, 0.4) is 0 Å². The Hall–Kier alpha value is -4.10. The molecule has 4 rings (SSSR count). The van der Waals surface area contributed by atoms with E-state index in [4.69, 9.17) is 0 Å². The van der Waals surface area contributed by atoms with E-state index in [2.05, 4.69) is 5.32 Å². The Kier molecular flexibility index (Phi) is 6.65. The maximum Gasteiger partial charge on any atom is 0.262 e. The van der Waals surface area contributed by atoms with Crippen molar-refractivity contribution in [3.63, 3.8) is 0 Å². The summed E-state index contributed by atoms with van der Waals surface area (Å²) in [6, 6.07) is 19.3. The highest BCUT2D eigenvalue weighted by Crippen LogP contribution is 2.31. The summed E-state index contributed by atoms with van der Waals surface area (Å²) in [6.45, 7) is 3.80. The number of nitrogens with zero attached hydrogens (tertiary/aromatic N) is 1. The lowest BCUT2D eigenvalue weighted by atomic mass is 9.99. The molecule has 4 aromatic rings. The van der Waals surface area contributed by atoms with Crippen molar-refractivity contribution in [1.82, 2.24) is 0 Å². The standard InChI is InChI=1S/C27H24N2O4S/c1-17-13-21(28-18(2)30)5-9-24(17)20-3-6-22(7-4-20)29(15-19-11-12-34-16-19)27(33)25-10-8-23(31)14-26(25)32/h3-14,16,31-32H,15H2,1-2H3,(H,28,30). The van der Waals surface area contributed by atoms with Crippen LogP contribution in [-0.4, -0.2) is 22.0 Å². The molecule has 1 aromatic heterocycles. The molecule has 0 spiro atoms. The molecular formula is C27H24N2O4S. The molecular weight excluding hydrogens is 448 g/mol. The van der Waals surface area contributed by atoms with Crippen LogP contribution >= 0.6 is 11.3 Å². The van der Waals surface area contributed by atoms with Gasteiger partial charge in [0, 0.05) is 24.4 Å². The second-order valence-electron chi connectivity index (χ2n) is 7.98. The molecule has 0 bridgehead atoms. The van der Waals surface area contributed by atoms with E-state index in [0.717, 1.165) is 34.0 Å². The zero-order chi connectivity index (χ0) is 24.2. The van der Waals surface area contributed by atoms with Crippen LogP contribution in [0, 0.1) is 6.92 Å². The molecule has 0 saturated carbocycles. The summed E-state index contributed by atoms with van der Waals surface area (Å²) in [4.78, 5) is 26.3. The molecule has 2 amide bonds. The summed E-state index contributed by atoms with van der Waals surface area (Å²) in [5.41, 5.74) is 5.52. The predicted octanol–water partition coefficient (Wildman–Crippen LogP) is 5.94. The van der Waals surface area contributed by atoms with Gasteiger partial charge in [-0.3, -0.25) is 9.59 Å². The maximum atomic E-state index is 13.4. The van der Waals surface area contributed by atoms with E-state index < -0.39 is 0 Å². The van der Waals surface area contributed by atoms with E-state index in [1.165, 1.54) is 19.1 Å². The van der Waals surface area contributed by atoms with Gasteiger partial charge in [0.05, 0.1) is 12.1 Å². The van der Waals surface area contributed by atoms with Crippen LogP contribution < -0.4 is 10.2 Å². The molecule has 6 nitrogen and oxygen atoms in total. The number of carbonyl (C=O) groups excluding carboxylic acids is 2. The van der Waals surface area contributed by atoms with Crippen LogP contribution in [0.2, 0.25) is 0 Å². The van der Waals surface area contributed by atoms with Gasteiger partial charge in [0.15, 0.2) is 0 Å².